The third-order valence-corrected chi connectivity index (χ3v) is 18.8. The number of fused-ring (bicyclic) bond motifs is 6. The fourth-order valence-corrected chi connectivity index (χ4v) is 13.9. The molecule has 0 fully saturated rings. The molecule has 0 saturated heterocycles. The number of carboxylic acids is 1. The van der Waals surface area contributed by atoms with Gasteiger partial charge in [-0.2, -0.15) is 0 Å². The van der Waals surface area contributed by atoms with E-state index >= 15 is 0 Å². The summed E-state index contributed by atoms with van der Waals surface area (Å²) in [6.07, 6.45) is 27.6. The van der Waals surface area contributed by atoms with E-state index < -0.39 is 5.97 Å². The molecule has 8 rings (SSSR count). The molecule has 0 atom stereocenters. The molecule has 1 heterocycles. The number of hydrogen-bond acceptors (Lipinski definition) is 4. The molecule has 2 aliphatic carbocycles. The quantitative estimate of drug-likeness (QED) is 0.0348. The molecule has 2 aliphatic rings. The van der Waals surface area contributed by atoms with Crippen LogP contribution in [0.5, 0.6) is 0 Å². The number of thiophene rings is 1. The Bertz CT molecular complexity index is 3200. The van der Waals surface area contributed by atoms with Crippen LogP contribution in [0.3, 0.4) is 0 Å². The summed E-state index contributed by atoms with van der Waals surface area (Å²) in [4.78, 5) is 25.2. The van der Waals surface area contributed by atoms with Crippen LogP contribution in [-0.2, 0) is 15.6 Å². The maximum Gasteiger partial charge on any atom is 0.333 e. The number of carboxylic acid groups (broad SMARTS) is 1. The van der Waals surface area contributed by atoms with E-state index in [9.17, 15) is 9.90 Å². The minimum atomic E-state index is -1.19. The van der Waals surface area contributed by atoms with Crippen LogP contribution in [-0.4, -0.2) is 37.3 Å². The molecule has 7 heteroatoms. The summed E-state index contributed by atoms with van der Waals surface area (Å²) in [6, 6.07) is 41.6. The number of hydrogen-bond donors (Lipinski definition) is 1. The summed E-state index contributed by atoms with van der Waals surface area (Å²) in [5.74, 6) is -1.19. The molecule has 5 aromatic carbocycles. The van der Waals surface area contributed by atoms with Gasteiger partial charge in [-0.15, -0.1) is 11.3 Å². The van der Waals surface area contributed by atoms with Gasteiger partial charge in [0.2, 0.25) is 0 Å². The van der Waals surface area contributed by atoms with Gasteiger partial charge in [0.05, 0.1) is 13.1 Å². The van der Waals surface area contributed by atoms with Crippen LogP contribution in [0.2, 0.25) is 0 Å². The maximum atomic E-state index is 11.4. The van der Waals surface area contributed by atoms with E-state index in [4.69, 9.17) is 13.1 Å². The monoisotopic (exact) mass is 1130 g/mol. The maximum absolute atomic E-state index is 11.4. The van der Waals surface area contributed by atoms with E-state index in [1.54, 1.807) is 16.9 Å². The zero-order valence-electron chi connectivity index (χ0n) is 52.1. The molecular weight excluding hydrogens is 1030 g/mol. The number of aliphatic carboxylic acids is 1. The smallest absolute Gasteiger partial charge is 0.333 e. The van der Waals surface area contributed by atoms with E-state index in [1.165, 1.54) is 183 Å². The molecule has 83 heavy (non-hydrogen) atoms. The lowest BCUT2D eigenvalue weighted by molar-refractivity contribution is -0.132. The van der Waals surface area contributed by atoms with Crippen LogP contribution in [0.15, 0.2) is 121 Å². The minimum absolute atomic E-state index is 0.00947. The van der Waals surface area contributed by atoms with Crippen LogP contribution in [0.4, 0.5) is 11.4 Å². The Morgan fingerprint density at radius 1 is 0.470 bits per heavy atom. The highest BCUT2D eigenvalue weighted by Gasteiger charge is 2.44. The average molecular weight is 1130 g/mol. The van der Waals surface area contributed by atoms with Gasteiger partial charge in [0.15, 0.2) is 5.70 Å². The Kier molecular flexibility index (Phi) is 24.1. The van der Waals surface area contributed by atoms with Crippen molar-refractivity contribution < 1.29 is 9.90 Å². The van der Waals surface area contributed by atoms with Crippen molar-refractivity contribution in [3.63, 3.8) is 0 Å². The average Bonchev–Trinajstić information content (AvgIpc) is 1.83. The molecule has 1 N–H and O–H groups in total. The number of allylic oxidation sites excluding steroid dienone is 1. The molecule has 6 aromatic rings. The van der Waals surface area contributed by atoms with Gasteiger partial charge < -0.3 is 14.9 Å². The summed E-state index contributed by atoms with van der Waals surface area (Å²) < 4.78 is 0. The lowest BCUT2D eigenvalue weighted by Gasteiger charge is -2.34. The number of nitrogens with zero attached hydrogens (tertiary/aromatic N) is 4. The van der Waals surface area contributed by atoms with Crippen molar-refractivity contribution >= 4 is 40.8 Å². The first-order valence-electron chi connectivity index (χ1n) is 32.1. The Balaban J connectivity index is 0.000000239. The van der Waals surface area contributed by atoms with Gasteiger partial charge in [0.1, 0.15) is 0 Å². The third kappa shape index (κ3) is 15.0. The van der Waals surface area contributed by atoms with Gasteiger partial charge in [0.25, 0.3) is 5.70 Å². The van der Waals surface area contributed by atoms with Crippen molar-refractivity contribution in [1.82, 2.24) is 0 Å². The molecule has 0 radical (unpaired) electrons. The SMILES string of the molecule is [C-]#[N+]/C(=C\c1ccc(-c2ccc3c(c2)C(CCCC)(CCCC)c2cc(N(CCCC)CCCC)ccc2-3)s1)C(=O)O.[C-]#[N+]/C(C)=C\c1ccc(-c2ccc3c(c2)C(CCCC)(CCCC)c2cc(N(CCCC)CCCC)ccc2-3)cc1. The molecule has 438 valence electrons. The van der Waals surface area contributed by atoms with Gasteiger partial charge in [-0.05, 0) is 180 Å². The fourth-order valence-electron chi connectivity index (χ4n) is 13.0. The van der Waals surface area contributed by atoms with Crippen LogP contribution < -0.4 is 9.80 Å². The van der Waals surface area contributed by atoms with Crippen molar-refractivity contribution in [2.75, 3.05) is 36.0 Å². The summed E-state index contributed by atoms with van der Waals surface area (Å²) in [5.41, 5.74) is 19.8. The van der Waals surface area contributed by atoms with Crippen LogP contribution in [0, 0.1) is 13.1 Å². The molecule has 0 saturated carbocycles. The van der Waals surface area contributed by atoms with Crippen molar-refractivity contribution in [3.8, 4) is 43.8 Å². The lowest BCUT2D eigenvalue weighted by Crippen LogP contribution is -2.28. The first kappa shape index (κ1) is 63.9. The topological polar surface area (TPSA) is 52.5 Å². The largest absolute Gasteiger partial charge is 0.486 e. The number of rotatable bonds is 31. The third-order valence-electron chi connectivity index (χ3n) is 17.7. The molecule has 0 unspecified atom stereocenters. The first-order valence-corrected chi connectivity index (χ1v) is 32.9. The molecular formula is C76H96N4O2S. The Morgan fingerprint density at radius 2 is 0.855 bits per heavy atom. The number of unbranched alkanes of at least 4 members (excludes halogenated alkanes) is 8. The number of carbonyl (C=O) groups is 1. The van der Waals surface area contributed by atoms with Crippen molar-refractivity contribution in [2.24, 2.45) is 0 Å². The summed E-state index contributed by atoms with van der Waals surface area (Å²) in [6.45, 7) is 39.2. The van der Waals surface area contributed by atoms with E-state index in [2.05, 4.69) is 178 Å². The Morgan fingerprint density at radius 3 is 1.25 bits per heavy atom. The molecule has 1 aromatic heterocycles. The van der Waals surface area contributed by atoms with Crippen molar-refractivity contribution in [2.45, 2.75) is 202 Å². The summed E-state index contributed by atoms with van der Waals surface area (Å²) in [5, 5.41) is 9.31. The normalized spacial score (nSPS) is 13.5. The van der Waals surface area contributed by atoms with Crippen molar-refractivity contribution in [1.29, 1.82) is 0 Å². The molecule has 0 amide bonds. The lowest BCUT2D eigenvalue weighted by atomic mass is 9.70. The van der Waals surface area contributed by atoms with E-state index in [0.29, 0.717) is 5.70 Å². The highest BCUT2D eigenvalue weighted by molar-refractivity contribution is 7.16. The number of anilines is 2. The van der Waals surface area contributed by atoms with Gasteiger partial charge in [0, 0.05) is 58.1 Å². The fraction of sp³-hybridized carbons (Fsp3) is 0.461. The van der Waals surface area contributed by atoms with Gasteiger partial charge >= 0.3 is 5.97 Å². The minimum Gasteiger partial charge on any atom is -0.486 e. The van der Waals surface area contributed by atoms with E-state index in [-0.39, 0.29) is 16.5 Å². The van der Waals surface area contributed by atoms with Crippen LogP contribution in [0.1, 0.15) is 223 Å². The van der Waals surface area contributed by atoms with Crippen LogP contribution in [0.25, 0.3) is 65.7 Å². The highest BCUT2D eigenvalue weighted by atomic mass is 32.1. The Hall–Kier alpha value is -6.67. The highest BCUT2D eigenvalue weighted by Crippen LogP contribution is 2.57. The van der Waals surface area contributed by atoms with Gasteiger partial charge in [-0.25, -0.2) is 9.69 Å². The second kappa shape index (κ2) is 31.3. The number of benzene rings is 5. The standard InChI is InChI=1S/C39H50N2.C37H46N2O2S/c1-7-11-23-39(24-12-8-2)37-28-33(32-17-15-31(16-18-32)27-30(5)40-6)19-21-35(37)36-22-20-34(29-38(36)39)41(25-13-9-3)26-14-10-4;1-6-10-20-37(21-11-7-2)32-24-27(35-19-16-29(42-35)26-34(38-5)36(40)41)14-17-30(32)31-18-15-28(25-33(31)37)39(22-12-8-3)23-13-9-4/h15-22,27-29H,7-14,23-26H2,1-5H3;14-19,24-26H,6-13,20-23H2,1-4H3,(H,40,41)/b30-27-;34-26-. The molecule has 6 nitrogen and oxygen atoms in total. The predicted octanol–water partition coefficient (Wildman–Crippen LogP) is 22.5. The zero-order valence-corrected chi connectivity index (χ0v) is 52.9. The predicted molar refractivity (Wildman–Crippen MR) is 359 cm³/mol. The summed E-state index contributed by atoms with van der Waals surface area (Å²) in [7, 11) is 0. The zero-order chi connectivity index (χ0) is 59.4. The van der Waals surface area contributed by atoms with Gasteiger partial charge in [-0.1, -0.05) is 199 Å². The molecule has 0 spiro atoms. The van der Waals surface area contributed by atoms with Gasteiger partial charge in [-0.3, -0.25) is 4.79 Å². The van der Waals surface area contributed by atoms with Crippen molar-refractivity contribution in [3.05, 3.63) is 176 Å². The molecule has 0 aliphatic heterocycles. The Labute approximate surface area is 505 Å². The first-order chi connectivity index (χ1) is 40.4. The molecule has 0 bridgehead atoms. The van der Waals surface area contributed by atoms with Crippen LogP contribution >= 0.6 is 11.3 Å². The second-order valence-electron chi connectivity index (χ2n) is 23.6. The second-order valence-corrected chi connectivity index (χ2v) is 24.7. The summed E-state index contributed by atoms with van der Waals surface area (Å²) >= 11 is 1.54. The van der Waals surface area contributed by atoms with E-state index in [0.717, 1.165) is 59.9 Å². The van der Waals surface area contributed by atoms with E-state index in [1.807, 2.05) is 19.1 Å².